The molecule has 2 aromatic heterocycles. The van der Waals surface area contributed by atoms with Crippen LogP contribution < -0.4 is 10.2 Å². The van der Waals surface area contributed by atoms with Gasteiger partial charge in [-0.05, 0) is 67.1 Å². The molecule has 1 aliphatic carbocycles. The van der Waals surface area contributed by atoms with Gasteiger partial charge in [-0.2, -0.15) is 0 Å². The van der Waals surface area contributed by atoms with Gasteiger partial charge in [-0.15, -0.1) is 0 Å². The summed E-state index contributed by atoms with van der Waals surface area (Å²) in [6.45, 7) is 0.307. The number of hydrogen-bond donors (Lipinski definition) is 1. The van der Waals surface area contributed by atoms with Crippen LogP contribution in [0.5, 0.6) is 0 Å². The molecule has 0 spiro atoms. The number of aryl methyl sites for hydroxylation is 1. The fourth-order valence-electron chi connectivity index (χ4n) is 6.09. The average Bonchev–Trinajstić information content (AvgIpc) is 3.69. The van der Waals surface area contributed by atoms with Crippen LogP contribution in [0.4, 0.5) is 13.9 Å². The molecular weight excluding hydrogens is 520 g/mol. The lowest BCUT2D eigenvalue weighted by atomic mass is 9.98. The van der Waals surface area contributed by atoms with E-state index in [0.717, 1.165) is 24.8 Å². The van der Waals surface area contributed by atoms with E-state index in [2.05, 4.69) is 10.3 Å². The van der Waals surface area contributed by atoms with Gasteiger partial charge in [0.1, 0.15) is 23.0 Å². The lowest BCUT2D eigenvalue weighted by Crippen LogP contribution is -2.50. The largest absolute Gasteiger partial charge is 0.354 e. The van der Waals surface area contributed by atoms with Crippen LogP contribution in [-0.2, 0) is 7.05 Å². The molecule has 1 saturated carbocycles. The summed E-state index contributed by atoms with van der Waals surface area (Å²) in [5.41, 5.74) is 2.13. The Labute approximate surface area is 229 Å². The zero-order valence-electron chi connectivity index (χ0n) is 21.9. The summed E-state index contributed by atoms with van der Waals surface area (Å²) in [5, 5.41) is 4.36. The molecule has 202 valence electrons. The molecule has 1 aliphatic heterocycles. The molecule has 7 nitrogen and oxygen atoms in total. The van der Waals surface area contributed by atoms with Gasteiger partial charge < -0.3 is 19.7 Å². The minimum absolute atomic E-state index is 0.0786. The van der Waals surface area contributed by atoms with Crippen LogP contribution in [0.2, 0.25) is 0 Å². The molecule has 3 atom stereocenters. The Morgan fingerprint density at radius 3 is 2.67 bits per heavy atom. The van der Waals surface area contributed by atoms with Crippen LogP contribution in [0.3, 0.4) is 0 Å². The van der Waals surface area contributed by atoms with E-state index in [1.807, 2.05) is 23.9 Å². The average molecular weight is 550 g/mol. The van der Waals surface area contributed by atoms with Crippen LogP contribution in [0.25, 0.3) is 21.3 Å². The number of nitrogens with one attached hydrogen (secondary N) is 1. The Morgan fingerprint density at radius 1 is 1.10 bits per heavy atom. The number of carbonyl (C=O) groups is 2. The van der Waals surface area contributed by atoms with Crippen molar-refractivity contribution >= 4 is 39.2 Å². The van der Waals surface area contributed by atoms with Gasteiger partial charge in [-0.25, -0.2) is 13.8 Å². The van der Waals surface area contributed by atoms with Crippen molar-refractivity contribution in [2.45, 2.75) is 31.3 Å². The summed E-state index contributed by atoms with van der Waals surface area (Å²) in [4.78, 5) is 36.3. The van der Waals surface area contributed by atoms with E-state index in [1.54, 1.807) is 35.9 Å². The summed E-state index contributed by atoms with van der Waals surface area (Å²) in [6.07, 6.45) is 2.80. The molecule has 3 heterocycles. The van der Waals surface area contributed by atoms with E-state index in [4.69, 9.17) is 0 Å². The number of piperidine rings is 1. The van der Waals surface area contributed by atoms with Crippen LogP contribution in [0.15, 0.2) is 48.5 Å². The van der Waals surface area contributed by atoms with Crippen molar-refractivity contribution in [2.75, 3.05) is 25.5 Å². The molecule has 0 radical (unpaired) electrons. The monoisotopic (exact) mass is 549 g/mol. The number of rotatable bonds is 6. The summed E-state index contributed by atoms with van der Waals surface area (Å²) in [5.74, 6) is -0.903. The number of hydrogen-bond acceptors (Lipinski definition) is 5. The molecule has 2 bridgehead atoms. The molecule has 0 unspecified atom stereocenters. The smallest absolute Gasteiger partial charge is 0.274 e. The lowest BCUT2D eigenvalue weighted by Gasteiger charge is -2.35. The van der Waals surface area contributed by atoms with Crippen molar-refractivity contribution in [1.29, 1.82) is 0 Å². The van der Waals surface area contributed by atoms with Crippen LogP contribution >= 0.6 is 11.3 Å². The lowest BCUT2D eigenvalue weighted by molar-refractivity contribution is 0.0577. The number of fused-ring (bicyclic) bond motifs is 3. The number of nitrogens with zero attached hydrogens (tertiary/aromatic N) is 4. The SMILES string of the molecule is CN(C)c1nc(C(=O)N2[C@@H]3CC[C@@H](C3)[C@H]2CNC(=O)c2cc3cc(F)ccc3n2C)c(-c2cccc(F)c2)s1. The first kappa shape index (κ1) is 25.5. The minimum atomic E-state index is -0.373. The number of anilines is 1. The molecule has 2 amide bonds. The molecule has 6 rings (SSSR count). The second-order valence-electron chi connectivity index (χ2n) is 10.6. The van der Waals surface area contributed by atoms with Gasteiger partial charge in [0.05, 0.1) is 10.9 Å². The molecular formula is C29H29F2N5O2S. The Kier molecular flexibility index (Phi) is 6.37. The fourth-order valence-corrected chi connectivity index (χ4v) is 7.07. The molecule has 39 heavy (non-hydrogen) atoms. The highest BCUT2D eigenvalue weighted by molar-refractivity contribution is 7.19. The highest BCUT2D eigenvalue weighted by Crippen LogP contribution is 2.44. The number of thiazole rings is 1. The highest BCUT2D eigenvalue weighted by atomic mass is 32.1. The van der Waals surface area contributed by atoms with Crippen molar-refractivity contribution in [3.8, 4) is 10.4 Å². The second-order valence-corrected chi connectivity index (χ2v) is 11.6. The van der Waals surface area contributed by atoms with Crippen molar-refractivity contribution in [2.24, 2.45) is 13.0 Å². The van der Waals surface area contributed by atoms with Gasteiger partial charge in [0.25, 0.3) is 11.8 Å². The standard InChI is InChI=1S/C29H29F2N5O2S/c1-34(2)29-33-25(26(39-29)17-5-4-6-19(30)11-17)28(38)36-21-9-7-16(13-21)24(36)15-32-27(37)23-14-18-12-20(31)8-10-22(18)35(23)3/h4-6,8,10-12,14,16,21,24H,7,9,13,15H2,1-3H3,(H,32,37)/t16-,21+,24+/m0/s1. The number of aromatic nitrogens is 2. The quantitative estimate of drug-likeness (QED) is 0.365. The topological polar surface area (TPSA) is 70.5 Å². The Hall–Kier alpha value is -3.79. The van der Waals surface area contributed by atoms with Crippen LogP contribution in [0.1, 0.15) is 40.2 Å². The first-order chi connectivity index (χ1) is 18.7. The van der Waals surface area contributed by atoms with E-state index in [1.165, 1.54) is 35.6 Å². The predicted octanol–water partition coefficient (Wildman–Crippen LogP) is 5.07. The van der Waals surface area contributed by atoms with Gasteiger partial charge in [0, 0.05) is 44.6 Å². The number of halogens is 2. The van der Waals surface area contributed by atoms with Crippen LogP contribution in [0, 0.1) is 17.6 Å². The van der Waals surface area contributed by atoms with Gasteiger partial charge in [-0.1, -0.05) is 23.5 Å². The van der Waals surface area contributed by atoms with Crippen molar-refractivity contribution < 1.29 is 18.4 Å². The number of carbonyl (C=O) groups excluding carboxylic acids is 2. The molecule has 2 aromatic carbocycles. The third-order valence-electron chi connectivity index (χ3n) is 7.97. The van der Waals surface area contributed by atoms with E-state index < -0.39 is 0 Å². The Bertz CT molecular complexity index is 1600. The maximum Gasteiger partial charge on any atom is 0.274 e. The predicted molar refractivity (Wildman–Crippen MR) is 148 cm³/mol. The zero-order valence-corrected chi connectivity index (χ0v) is 22.8. The highest BCUT2D eigenvalue weighted by Gasteiger charge is 2.49. The van der Waals surface area contributed by atoms with Gasteiger partial charge >= 0.3 is 0 Å². The zero-order chi connectivity index (χ0) is 27.4. The van der Waals surface area contributed by atoms with Gasteiger partial charge in [0.15, 0.2) is 5.13 Å². The van der Waals surface area contributed by atoms with Gasteiger partial charge in [0.2, 0.25) is 0 Å². The molecule has 2 aliphatic rings. The van der Waals surface area contributed by atoms with E-state index in [0.29, 0.717) is 38.9 Å². The van der Waals surface area contributed by atoms with E-state index in [9.17, 15) is 18.4 Å². The third kappa shape index (κ3) is 4.46. The third-order valence-corrected chi connectivity index (χ3v) is 9.24. The molecule has 1 N–H and O–H groups in total. The summed E-state index contributed by atoms with van der Waals surface area (Å²) >= 11 is 1.36. The normalized spacial score (nSPS) is 20.1. The summed E-state index contributed by atoms with van der Waals surface area (Å²) in [7, 11) is 5.50. The first-order valence-corrected chi connectivity index (χ1v) is 13.8. The van der Waals surface area contributed by atoms with E-state index in [-0.39, 0.29) is 41.5 Å². The van der Waals surface area contributed by atoms with Crippen molar-refractivity contribution in [3.63, 3.8) is 0 Å². The fraction of sp³-hybridized carbons (Fsp3) is 0.345. The molecule has 10 heteroatoms. The maximum atomic E-state index is 14.1. The molecule has 2 fully saturated rings. The number of likely N-dealkylation sites (tertiary alicyclic amines) is 1. The van der Waals surface area contributed by atoms with E-state index >= 15 is 0 Å². The van der Waals surface area contributed by atoms with Crippen molar-refractivity contribution in [3.05, 3.63) is 71.6 Å². The van der Waals surface area contributed by atoms with Gasteiger partial charge in [-0.3, -0.25) is 9.59 Å². The Morgan fingerprint density at radius 2 is 1.90 bits per heavy atom. The minimum Gasteiger partial charge on any atom is -0.354 e. The first-order valence-electron chi connectivity index (χ1n) is 13.0. The summed E-state index contributed by atoms with van der Waals surface area (Å²) in [6, 6.07) is 12.3. The summed E-state index contributed by atoms with van der Waals surface area (Å²) < 4.78 is 29.5. The molecule has 4 aromatic rings. The van der Waals surface area contributed by atoms with Crippen LogP contribution in [-0.4, -0.2) is 59.0 Å². The Balaban J connectivity index is 1.27. The maximum absolute atomic E-state index is 14.1. The van der Waals surface area contributed by atoms with Crippen molar-refractivity contribution in [1.82, 2.24) is 19.8 Å². The number of amides is 2. The number of benzene rings is 2. The molecule has 1 saturated heterocycles. The second kappa shape index (κ2) is 9.75.